The summed E-state index contributed by atoms with van der Waals surface area (Å²) in [6, 6.07) is 9.68. The third-order valence-electron chi connectivity index (χ3n) is 2.41. The summed E-state index contributed by atoms with van der Waals surface area (Å²) < 4.78 is 4.93. The molecule has 0 saturated heterocycles. The molecule has 7 nitrogen and oxygen atoms in total. The number of ether oxygens (including phenoxy) is 1. The summed E-state index contributed by atoms with van der Waals surface area (Å²) in [5, 5.41) is 27.8. The van der Waals surface area contributed by atoms with Crippen molar-refractivity contribution in [2.75, 3.05) is 26.8 Å². The molecule has 1 rings (SSSR count). The van der Waals surface area contributed by atoms with Crippen molar-refractivity contribution in [3.05, 3.63) is 35.9 Å². The van der Waals surface area contributed by atoms with Crippen LogP contribution in [0.4, 0.5) is 0 Å². The lowest BCUT2D eigenvalue weighted by Crippen LogP contribution is -2.23. The molecule has 0 saturated carbocycles. The number of aliphatic carboxylic acids is 2. The van der Waals surface area contributed by atoms with Crippen molar-refractivity contribution >= 4 is 11.9 Å². The van der Waals surface area contributed by atoms with Crippen molar-refractivity contribution in [1.29, 1.82) is 0 Å². The summed E-state index contributed by atoms with van der Waals surface area (Å²) >= 11 is 0. The molecule has 1 unspecified atom stereocenters. The van der Waals surface area contributed by atoms with E-state index in [0.717, 1.165) is 25.1 Å². The van der Waals surface area contributed by atoms with E-state index >= 15 is 0 Å². The van der Waals surface area contributed by atoms with Gasteiger partial charge in [0.15, 0.2) is 0 Å². The SMILES string of the molecule is COCCCNCC(O)c1ccccc1.O=C(O)C(=O)O. The van der Waals surface area contributed by atoms with Crippen LogP contribution in [0.15, 0.2) is 30.3 Å². The molecule has 21 heavy (non-hydrogen) atoms. The minimum atomic E-state index is -1.82. The second-order valence-electron chi connectivity index (χ2n) is 4.09. The fourth-order valence-electron chi connectivity index (χ4n) is 1.37. The van der Waals surface area contributed by atoms with Crippen LogP contribution in [0, 0.1) is 0 Å². The molecule has 0 fully saturated rings. The monoisotopic (exact) mass is 299 g/mol. The van der Waals surface area contributed by atoms with Gasteiger partial charge in [0.2, 0.25) is 0 Å². The third kappa shape index (κ3) is 10.5. The lowest BCUT2D eigenvalue weighted by Gasteiger charge is -2.11. The fraction of sp³-hybridized carbons (Fsp3) is 0.429. The Hall–Kier alpha value is -1.96. The number of carbonyl (C=O) groups is 2. The molecule has 7 heteroatoms. The number of hydrogen-bond acceptors (Lipinski definition) is 5. The van der Waals surface area contributed by atoms with Gasteiger partial charge >= 0.3 is 11.9 Å². The first-order valence-corrected chi connectivity index (χ1v) is 6.38. The molecule has 1 aromatic carbocycles. The largest absolute Gasteiger partial charge is 0.473 e. The van der Waals surface area contributed by atoms with E-state index in [1.54, 1.807) is 7.11 Å². The lowest BCUT2D eigenvalue weighted by molar-refractivity contribution is -0.159. The zero-order valence-electron chi connectivity index (χ0n) is 11.9. The van der Waals surface area contributed by atoms with E-state index in [4.69, 9.17) is 24.5 Å². The Morgan fingerprint density at radius 2 is 1.76 bits per heavy atom. The molecule has 0 spiro atoms. The van der Waals surface area contributed by atoms with Gasteiger partial charge < -0.3 is 25.4 Å². The molecule has 1 aromatic rings. The van der Waals surface area contributed by atoms with Crippen LogP contribution in [0.25, 0.3) is 0 Å². The maximum absolute atomic E-state index is 9.78. The molecular formula is C14H21NO6. The Morgan fingerprint density at radius 3 is 2.24 bits per heavy atom. The van der Waals surface area contributed by atoms with Crippen LogP contribution < -0.4 is 5.32 Å². The smallest absolute Gasteiger partial charge is 0.414 e. The van der Waals surface area contributed by atoms with Crippen LogP contribution >= 0.6 is 0 Å². The molecule has 0 aliphatic rings. The first-order valence-electron chi connectivity index (χ1n) is 6.38. The van der Waals surface area contributed by atoms with Gasteiger partial charge in [-0.1, -0.05) is 30.3 Å². The highest BCUT2D eigenvalue weighted by atomic mass is 16.5. The molecule has 118 valence electrons. The molecule has 0 aromatic heterocycles. The van der Waals surface area contributed by atoms with Gasteiger partial charge in [-0.25, -0.2) is 9.59 Å². The van der Waals surface area contributed by atoms with E-state index in [1.807, 2.05) is 30.3 Å². The van der Waals surface area contributed by atoms with E-state index < -0.39 is 18.0 Å². The molecule has 4 N–H and O–H groups in total. The van der Waals surface area contributed by atoms with E-state index in [2.05, 4.69) is 5.32 Å². The lowest BCUT2D eigenvalue weighted by atomic mass is 10.1. The summed E-state index contributed by atoms with van der Waals surface area (Å²) in [5.41, 5.74) is 0.955. The molecule has 0 amide bonds. The van der Waals surface area contributed by atoms with Crippen molar-refractivity contribution in [3.8, 4) is 0 Å². The number of rotatable bonds is 7. The molecule has 0 bridgehead atoms. The van der Waals surface area contributed by atoms with Gasteiger partial charge in [-0.2, -0.15) is 0 Å². The number of benzene rings is 1. The van der Waals surface area contributed by atoms with Crippen molar-refractivity contribution in [1.82, 2.24) is 5.32 Å². The molecule has 0 radical (unpaired) electrons. The first-order chi connectivity index (χ1) is 9.99. The number of methoxy groups -OCH3 is 1. The summed E-state index contributed by atoms with van der Waals surface area (Å²) in [4.78, 5) is 18.2. The van der Waals surface area contributed by atoms with Crippen LogP contribution in [0.1, 0.15) is 18.1 Å². The summed E-state index contributed by atoms with van der Waals surface area (Å²) in [6.45, 7) is 2.22. The van der Waals surface area contributed by atoms with Gasteiger partial charge in [-0.15, -0.1) is 0 Å². The van der Waals surface area contributed by atoms with Crippen LogP contribution in [-0.4, -0.2) is 54.1 Å². The highest BCUT2D eigenvalue weighted by molar-refractivity contribution is 6.27. The third-order valence-corrected chi connectivity index (χ3v) is 2.41. The van der Waals surface area contributed by atoms with Gasteiger partial charge in [-0.05, 0) is 18.5 Å². The second-order valence-corrected chi connectivity index (χ2v) is 4.09. The van der Waals surface area contributed by atoms with E-state index in [9.17, 15) is 5.11 Å². The average Bonchev–Trinajstić information content (AvgIpc) is 2.48. The van der Waals surface area contributed by atoms with Crippen molar-refractivity contribution in [2.24, 2.45) is 0 Å². The number of carboxylic acids is 2. The Labute approximate surface area is 123 Å². The van der Waals surface area contributed by atoms with Gasteiger partial charge in [0.25, 0.3) is 0 Å². The standard InChI is InChI=1S/C12H19NO2.C2H2O4/c1-15-9-5-8-13-10-12(14)11-6-3-2-4-7-11;3-1(4)2(5)6/h2-4,6-7,12-14H,5,8-10H2,1H3;(H,3,4)(H,5,6). The van der Waals surface area contributed by atoms with E-state index in [-0.39, 0.29) is 0 Å². The highest BCUT2D eigenvalue weighted by Gasteiger charge is 2.05. The normalized spacial score (nSPS) is 11.1. The van der Waals surface area contributed by atoms with Gasteiger partial charge in [0.1, 0.15) is 0 Å². The minimum absolute atomic E-state index is 0.422. The Bertz CT molecular complexity index is 397. The number of carboxylic acid groups (broad SMARTS) is 2. The van der Waals surface area contributed by atoms with Gasteiger partial charge in [0.05, 0.1) is 6.10 Å². The van der Waals surface area contributed by atoms with Crippen LogP contribution in [0.3, 0.4) is 0 Å². The average molecular weight is 299 g/mol. The van der Waals surface area contributed by atoms with Crippen LogP contribution in [-0.2, 0) is 14.3 Å². The number of aliphatic hydroxyl groups excluding tert-OH is 1. The summed E-state index contributed by atoms with van der Waals surface area (Å²) in [5.74, 6) is -3.65. The molecule has 0 aliphatic carbocycles. The highest BCUT2D eigenvalue weighted by Crippen LogP contribution is 2.10. The van der Waals surface area contributed by atoms with Crippen LogP contribution in [0.5, 0.6) is 0 Å². The Balaban J connectivity index is 0.000000567. The maximum Gasteiger partial charge on any atom is 0.414 e. The van der Waals surface area contributed by atoms with E-state index in [0.29, 0.717) is 6.54 Å². The van der Waals surface area contributed by atoms with Crippen molar-refractivity contribution < 1.29 is 29.6 Å². The Kier molecular flexibility index (Phi) is 10.7. The topological polar surface area (TPSA) is 116 Å². The maximum atomic E-state index is 9.78. The van der Waals surface area contributed by atoms with E-state index in [1.165, 1.54) is 0 Å². The molecule has 1 atom stereocenters. The number of hydrogen-bond donors (Lipinski definition) is 4. The molecule has 0 heterocycles. The fourth-order valence-corrected chi connectivity index (χ4v) is 1.37. The second kappa shape index (κ2) is 11.8. The van der Waals surface area contributed by atoms with Crippen molar-refractivity contribution in [2.45, 2.75) is 12.5 Å². The first kappa shape index (κ1) is 19.0. The number of nitrogens with one attached hydrogen (secondary N) is 1. The van der Waals surface area contributed by atoms with Gasteiger partial charge in [0, 0.05) is 20.3 Å². The van der Waals surface area contributed by atoms with Gasteiger partial charge in [-0.3, -0.25) is 0 Å². The number of aliphatic hydroxyl groups is 1. The zero-order valence-corrected chi connectivity index (χ0v) is 11.9. The van der Waals surface area contributed by atoms with Crippen molar-refractivity contribution in [3.63, 3.8) is 0 Å². The predicted molar refractivity (Wildman–Crippen MR) is 76.0 cm³/mol. The molecular weight excluding hydrogens is 278 g/mol. The zero-order chi connectivity index (χ0) is 16.1. The predicted octanol–water partition coefficient (Wildman–Crippen LogP) is 0.502. The molecule has 0 aliphatic heterocycles. The van der Waals surface area contributed by atoms with Crippen LogP contribution in [0.2, 0.25) is 0 Å². The summed E-state index contributed by atoms with van der Waals surface area (Å²) in [7, 11) is 1.69. The Morgan fingerprint density at radius 1 is 1.19 bits per heavy atom. The summed E-state index contributed by atoms with van der Waals surface area (Å²) in [6.07, 6.45) is 0.548. The quantitative estimate of drug-likeness (QED) is 0.428. The minimum Gasteiger partial charge on any atom is -0.473 e.